The molecule has 3 rings (SSSR count). The maximum absolute atomic E-state index is 12.1. The second-order valence-electron chi connectivity index (χ2n) is 5.80. The molecule has 0 bridgehead atoms. The maximum atomic E-state index is 12.1. The highest BCUT2D eigenvalue weighted by Crippen LogP contribution is 2.25. The van der Waals surface area contributed by atoms with E-state index < -0.39 is 0 Å². The van der Waals surface area contributed by atoms with Crippen molar-refractivity contribution in [2.45, 2.75) is 50.6 Å². The summed E-state index contributed by atoms with van der Waals surface area (Å²) in [5.41, 5.74) is 0. The number of hydrogen-bond acceptors (Lipinski definition) is 2. The van der Waals surface area contributed by atoms with Crippen LogP contribution in [0.3, 0.4) is 0 Å². The summed E-state index contributed by atoms with van der Waals surface area (Å²) in [6.45, 7) is 2.98. The molecule has 3 fully saturated rings. The Morgan fingerprint density at radius 3 is 2.71 bits per heavy atom. The van der Waals surface area contributed by atoms with Crippen LogP contribution in [0.15, 0.2) is 0 Å². The summed E-state index contributed by atoms with van der Waals surface area (Å²) >= 11 is 0. The third-order valence-electron chi connectivity index (χ3n) is 4.57. The second kappa shape index (κ2) is 4.84. The van der Waals surface area contributed by atoms with Gasteiger partial charge in [-0.25, -0.2) is 4.79 Å². The molecule has 2 atom stereocenters. The SMILES string of the molecule is O=C(NC1CCCC1)N1C[C@@H]2CCCN[C@@H]2C1. The number of carbonyl (C=O) groups excluding carboxylic acids is 1. The van der Waals surface area contributed by atoms with Gasteiger partial charge in [0.25, 0.3) is 0 Å². The first-order valence-corrected chi connectivity index (χ1v) is 7.12. The highest BCUT2D eigenvalue weighted by Gasteiger charge is 2.36. The number of piperidine rings is 1. The van der Waals surface area contributed by atoms with Crippen molar-refractivity contribution in [3.05, 3.63) is 0 Å². The van der Waals surface area contributed by atoms with Gasteiger partial charge in [-0.15, -0.1) is 0 Å². The fourth-order valence-electron chi connectivity index (χ4n) is 3.55. The van der Waals surface area contributed by atoms with Crippen LogP contribution in [0, 0.1) is 5.92 Å². The summed E-state index contributed by atoms with van der Waals surface area (Å²) in [7, 11) is 0. The van der Waals surface area contributed by atoms with Crippen LogP contribution in [0.5, 0.6) is 0 Å². The molecule has 0 spiro atoms. The number of nitrogens with zero attached hydrogens (tertiary/aromatic N) is 1. The molecule has 1 aliphatic carbocycles. The zero-order valence-electron chi connectivity index (χ0n) is 10.5. The van der Waals surface area contributed by atoms with Crippen molar-refractivity contribution in [1.29, 1.82) is 0 Å². The van der Waals surface area contributed by atoms with Crippen LogP contribution in [-0.4, -0.2) is 42.6 Å². The van der Waals surface area contributed by atoms with E-state index in [1.807, 2.05) is 4.90 Å². The van der Waals surface area contributed by atoms with E-state index in [0.717, 1.165) is 19.6 Å². The van der Waals surface area contributed by atoms with Gasteiger partial charge in [-0.05, 0) is 38.1 Å². The molecule has 1 saturated carbocycles. The lowest BCUT2D eigenvalue weighted by Gasteiger charge is -2.24. The van der Waals surface area contributed by atoms with Crippen molar-refractivity contribution in [1.82, 2.24) is 15.5 Å². The number of likely N-dealkylation sites (tertiary alicyclic amines) is 1. The smallest absolute Gasteiger partial charge is 0.317 e. The summed E-state index contributed by atoms with van der Waals surface area (Å²) in [6.07, 6.45) is 7.44. The Morgan fingerprint density at radius 2 is 1.94 bits per heavy atom. The lowest BCUT2D eigenvalue weighted by Crippen LogP contribution is -2.44. The predicted octanol–water partition coefficient (Wildman–Crippen LogP) is 1.32. The first-order valence-electron chi connectivity index (χ1n) is 7.12. The van der Waals surface area contributed by atoms with Crippen LogP contribution in [0.2, 0.25) is 0 Å². The van der Waals surface area contributed by atoms with Gasteiger partial charge in [-0.1, -0.05) is 12.8 Å². The minimum atomic E-state index is 0.174. The van der Waals surface area contributed by atoms with Gasteiger partial charge in [-0.2, -0.15) is 0 Å². The quantitative estimate of drug-likeness (QED) is 0.722. The van der Waals surface area contributed by atoms with E-state index in [1.165, 1.54) is 38.5 Å². The molecule has 0 unspecified atom stereocenters. The summed E-state index contributed by atoms with van der Waals surface area (Å²) in [5, 5.41) is 6.73. The molecule has 2 saturated heterocycles. The van der Waals surface area contributed by atoms with Crippen LogP contribution in [-0.2, 0) is 0 Å². The number of nitrogens with one attached hydrogen (secondary N) is 2. The summed E-state index contributed by atoms with van der Waals surface area (Å²) in [6, 6.07) is 1.17. The summed E-state index contributed by atoms with van der Waals surface area (Å²) in [4.78, 5) is 14.2. The third-order valence-corrected chi connectivity index (χ3v) is 4.57. The molecule has 4 heteroatoms. The summed E-state index contributed by atoms with van der Waals surface area (Å²) < 4.78 is 0. The fourth-order valence-corrected chi connectivity index (χ4v) is 3.55. The molecular weight excluding hydrogens is 214 g/mol. The Bertz CT molecular complexity index is 274. The van der Waals surface area contributed by atoms with Crippen LogP contribution < -0.4 is 10.6 Å². The maximum Gasteiger partial charge on any atom is 0.317 e. The number of hydrogen-bond donors (Lipinski definition) is 2. The molecule has 96 valence electrons. The van der Waals surface area contributed by atoms with E-state index in [9.17, 15) is 4.79 Å². The van der Waals surface area contributed by atoms with Gasteiger partial charge in [0.2, 0.25) is 0 Å². The topological polar surface area (TPSA) is 44.4 Å². The average Bonchev–Trinajstić information content (AvgIpc) is 2.96. The van der Waals surface area contributed by atoms with E-state index in [4.69, 9.17) is 0 Å². The lowest BCUT2D eigenvalue weighted by molar-refractivity contribution is 0.202. The van der Waals surface area contributed by atoms with E-state index in [1.54, 1.807) is 0 Å². The fraction of sp³-hybridized carbons (Fsp3) is 0.923. The van der Waals surface area contributed by atoms with Crippen LogP contribution >= 0.6 is 0 Å². The third kappa shape index (κ3) is 2.41. The van der Waals surface area contributed by atoms with Crippen molar-refractivity contribution in [3.8, 4) is 0 Å². The Balaban J connectivity index is 1.52. The zero-order chi connectivity index (χ0) is 11.7. The van der Waals surface area contributed by atoms with Crippen molar-refractivity contribution < 1.29 is 4.79 Å². The Morgan fingerprint density at radius 1 is 1.12 bits per heavy atom. The largest absolute Gasteiger partial charge is 0.335 e. The summed E-state index contributed by atoms with van der Waals surface area (Å²) in [5.74, 6) is 0.693. The van der Waals surface area contributed by atoms with Gasteiger partial charge < -0.3 is 15.5 Å². The predicted molar refractivity (Wildman–Crippen MR) is 66.9 cm³/mol. The number of fused-ring (bicyclic) bond motifs is 1. The number of urea groups is 1. The van der Waals surface area contributed by atoms with Gasteiger partial charge >= 0.3 is 6.03 Å². The van der Waals surface area contributed by atoms with Crippen LogP contribution in [0.4, 0.5) is 4.79 Å². The first kappa shape index (κ1) is 11.3. The Hall–Kier alpha value is -0.770. The van der Waals surface area contributed by atoms with Crippen LogP contribution in [0.1, 0.15) is 38.5 Å². The van der Waals surface area contributed by atoms with Crippen molar-refractivity contribution in [2.24, 2.45) is 5.92 Å². The van der Waals surface area contributed by atoms with Gasteiger partial charge in [0, 0.05) is 25.2 Å². The molecule has 0 radical (unpaired) electrons. The van der Waals surface area contributed by atoms with Gasteiger partial charge in [0.05, 0.1) is 0 Å². The first-order chi connectivity index (χ1) is 8.33. The molecule has 0 aromatic heterocycles. The average molecular weight is 237 g/mol. The van der Waals surface area contributed by atoms with E-state index in [0.29, 0.717) is 18.0 Å². The molecule has 4 nitrogen and oxygen atoms in total. The minimum absolute atomic E-state index is 0.174. The highest BCUT2D eigenvalue weighted by molar-refractivity contribution is 5.75. The molecule has 2 N–H and O–H groups in total. The minimum Gasteiger partial charge on any atom is -0.335 e. The molecule has 2 heterocycles. The lowest BCUT2D eigenvalue weighted by atomic mass is 9.94. The number of amides is 2. The molecular formula is C13H23N3O. The van der Waals surface area contributed by atoms with Gasteiger partial charge in [0.15, 0.2) is 0 Å². The van der Waals surface area contributed by atoms with E-state index >= 15 is 0 Å². The zero-order valence-corrected chi connectivity index (χ0v) is 10.5. The molecule has 0 aromatic carbocycles. The van der Waals surface area contributed by atoms with Gasteiger partial charge in [0.1, 0.15) is 0 Å². The van der Waals surface area contributed by atoms with E-state index in [2.05, 4.69) is 10.6 Å². The van der Waals surface area contributed by atoms with Gasteiger partial charge in [-0.3, -0.25) is 0 Å². The second-order valence-corrected chi connectivity index (χ2v) is 5.80. The number of rotatable bonds is 1. The highest BCUT2D eigenvalue weighted by atomic mass is 16.2. The van der Waals surface area contributed by atoms with E-state index in [-0.39, 0.29) is 6.03 Å². The Kier molecular flexibility index (Phi) is 3.23. The molecule has 3 aliphatic rings. The van der Waals surface area contributed by atoms with Crippen molar-refractivity contribution >= 4 is 6.03 Å². The van der Waals surface area contributed by atoms with Crippen molar-refractivity contribution in [3.63, 3.8) is 0 Å². The normalized spacial score (nSPS) is 33.8. The molecule has 2 amide bonds. The molecule has 17 heavy (non-hydrogen) atoms. The monoisotopic (exact) mass is 237 g/mol. The number of carbonyl (C=O) groups is 1. The Labute approximate surface area is 103 Å². The van der Waals surface area contributed by atoms with Crippen molar-refractivity contribution in [2.75, 3.05) is 19.6 Å². The molecule has 2 aliphatic heterocycles. The standard InChI is InChI=1S/C13H23N3O/c17-13(15-11-5-1-2-6-11)16-8-10-4-3-7-14-12(10)9-16/h10-12,14H,1-9H2,(H,15,17)/t10-,12+/m0/s1. The molecule has 0 aromatic rings. The van der Waals surface area contributed by atoms with Crippen LogP contribution in [0.25, 0.3) is 0 Å².